The lowest BCUT2D eigenvalue weighted by Gasteiger charge is -2.27. The molecule has 150 valence electrons. The molecular weight excluding hydrogens is 375 g/mol. The fourth-order valence-corrected chi connectivity index (χ4v) is 4.73. The fourth-order valence-electron chi connectivity index (χ4n) is 4.73. The zero-order valence-corrected chi connectivity index (χ0v) is 16.2. The minimum atomic E-state index is -0.440. The second-order valence-electron chi connectivity index (χ2n) is 8.09. The Hall–Kier alpha value is -2.60. The molecule has 2 unspecified atom stereocenters. The summed E-state index contributed by atoms with van der Waals surface area (Å²) in [5, 5.41) is 3.44. The van der Waals surface area contributed by atoms with Gasteiger partial charge in [0.2, 0.25) is 0 Å². The summed E-state index contributed by atoms with van der Waals surface area (Å²) in [6.45, 7) is 2.75. The van der Waals surface area contributed by atoms with E-state index in [9.17, 15) is 13.2 Å². The Morgan fingerprint density at radius 2 is 2.00 bits per heavy atom. The van der Waals surface area contributed by atoms with Gasteiger partial charge >= 0.3 is 0 Å². The minimum absolute atomic E-state index is 0.0492. The maximum Gasteiger partial charge on any atom is 0.130 e. The number of aryl methyl sites for hydroxylation is 1. The van der Waals surface area contributed by atoms with Gasteiger partial charge in [-0.1, -0.05) is 6.08 Å². The van der Waals surface area contributed by atoms with Crippen LogP contribution in [0.1, 0.15) is 42.8 Å². The van der Waals surface area contributed by atoms with E-state index in [4.69, 9.17) is 4.98 Å². The first-order valence-electron chi connectivity index (χ1n) is 10.1. The number of hydrogen-bond acceptors (Lipinski definition) is 2. The summed E-state index contributed by atoms with van der Waals surface area (Å²) in [5.41, 5.74) is 3.87. The van der Waals surface area contributed by atoms with Crippen molar-refractivity contribution < 1.29 is 13.2 Å². The molecule has 0 aliphatic carbocycles. The summed E-state index contributed by atoms with van der Waals surface area (Å²) >= 11 is 0. The molecule has 0 saturated carbocycles. The maximum atomic E-state index is 14.2. The molecule has 0 bridgehead atoms. The average Bonchev–Trinajstić information content (AvgIpc) is 3.05. The van der Waals surface area contributed by atoms with Crippen LogP contribution in [-0.2, 0) is 12.8 Å². The predicted molar refractivity (Wildman–Crippen MR) is 107 cm³/mol. The molecule has 6 heteroatoms. The highest BCUT2D eigenvalue weighted by atomic mass is 19.1. The van der Waals surface area contributed by atoms with Crippen LogP contribution in [0.25, 0.3) is 16.6 Å². The van der Waals surface area contributed by atoms with Crippen molar-refractivity contribution in [1.82, 2.24) is 14.9 Å². The number of aromatic nitrogens is 2. The van der Waals surface area contributed by atoms with E-state index in [1.807, 2.05) is 6.08 Å². The van der Waals surface area contributed by atoms with Crippen LogP contribution in [0.15, 0.2) is 36.4 Å². The molecule has 0 radical (unpaired) electrons. The number of halogens is 3. The summed E-state index contributed by atoms with van der Waals surface area (Å²) in [5.74, 6) is -0.184. The van der Waals surface area contributed by atoms with Gasteiger partial charge < -0.3 is 9.88 Å². The van der Waals surface area contributed by atoms with Gasteiger partial charge in [-0.2, -0.15) is 0 Å². The Labute approximate surface area is 167 Å². The van der Waals surface area contributed by atoms with E-state index in [0.717, 1.165) is 41.4 Å². The number of imidazole rings is 1. The molecule has 3 nitrogen and oxygen atoms in total. The minimum Gasteiger partial charge on any atom is -0.325 e. The topological polar surface area (TPSA) is 29.9 Å². The molecule has 3 heterocycles. The fraction of sp³-hybridized carbons (Fsp3) is 0.348. The van der Waals surface area contributed by atoms with Crippen LogP contribution in [0.3, 0.4) is 0 Å². The monoisotopic (exact) mass is 397 g/mol. The van der Waals surface area contributed by atoms with Crippen molar-refractivity contribution in [3.63, 3.8) is 0 Å². The van der Waals surface area contributed by atoms with Crippen molar-refractivity contribution in [2.45, 2.75) is 44.7 Å². The van der Waals surface area contributed by atoms with Crippen LogP contribution in [0.4, 0.5) is 13.2 Å². The zero-order chi connectivity index (χ0) is 20.1. The molecule has 2 aliphatic heterocycles. The van der Waals surface area contributed by atoms with Gasteiger partial charge in [-0.25, -0.2) is 18.2 Å². The van der Waals surface area contributed by atoms with Crippen molar-refractivity contribution in [2.75, 3.05) is 6.54 Å². The van der Waals surface area contributed by atoms with Gasteiger partial charge in [0.1, 0.15) is 23.3 Å². The molecule has 0 saturated heterocycles. The maximum absolute atomic E-state index is 14.2. The van der Waals surface area contributed by atoms with Gasteiger partial charge in [0.15, 0.2) is 0 Å². The molecule has 1 aromatic heterocycles. The average molecular weight is 397 g/mol. The van der Waals surface area contributed by atoms with Crippen LogP contribution in [0.2, 0.25) is 0 Å². The predicted octanol–water partition coefficient (Wildman–Crippen LogP) is 4.95. The van der Waals surface area contributed by atoms with E-state index in [1.165, 1.54) is 18.2 Å². The Bertz CT molecular complexity index is 1130. The molecule has 0 fully saturated rings. The van der Waals surface area contributed by atoms with Crippen molar-refractivity contribution >= 4 is 16.6 Å². The summed E-state index contributed by atoms with van der Waals surface area (Å²) in [6.07, 6.45) is 4.95. The summed E-state index contributed by atoms with van der Waals surface area (Å²) in [7, 11) is 0. The van der Waals surface area contributed by atoms with Crippen molar-refractivity contribution in [3.8, 4) is 0 Å². The third-order valence-corrected chi connectivity index (χ3v) is 6.10. The number of rotatable bonds is 3. The van der Waals surface area contributed by atoms with E-state index >= 15 is 0 Å². The van der Waals surface area contributed by atoms with Crippen LogP contribution in [-0.4, -0.2) is 22.1 Å². The van der Waals surface area contributed by atoms with Gasteiger partial charge in [-0.3, -0.25) is 0 Å². The van der Waals surface area contributed by atoms with Crippen LogP contribution in [0, 0.1) is 17.5 Å². The highest BCUT2D eigenvalue weighted by Gasteiger charge is 2.26. The molecule has 5 rings (SSSR count). The largest absolute Gasteiger partial charge is 0.325 e. The van der Waals surface area contributed by atoms with Crippen molar-refractivity contribution in [1.29, 1.82) is 0 Å². The normalized spacial score (nSPS) is 21.4. The highest BCUT2D eigenvalue weighted by Crippen LogP contribution is 2.34. The number of nitrogens with zero attached hydrogens (tertiary/aromatic N) is 2. The van der Waals surface area contributed by atoms with Gasteiger partial charge in [-0.15, -0.1) is 0 Å². The van der Waals surface area contributed by atoms with Gasteiger partial charge in [-0.05, 0) is 61.6 Å². The molecule has 3 aromatic rings. The van der Waals surface area contributed by atoms with Gasteiger partial charge in [0.05, 0.1) is 11.0 Å². The first-order valence-corrected chi connectivity index (χ1v) is 10.1. The lowest BCUT2D eigenvalue weighted by atomic mass is 9.93. The second kappa shape index (κ2) is 7.02. The number of hydrogen-bond donors (Lipinski definition) is 1. The molecule has 2 atom stereocenters. The molecule has 2 aliphatic rings. The Morgan fingerprint density at radius 3 is 2.86 bits per heavy atom. The quantitative estimate of drug-likeness (QED) is 0.678. The Balaban J connectivity index is 1.46. The first-order chi connectivity index (χ1) is 14.0. The van der Waals surface area contributed by atoms with E-state index in [1.54, 1.807) is 6.07 Å². The van der Waals surface area contributed by atoms with Crippen LogP contribution in [0.5, 0.6) is 0 Å². The van der Waals surface area contributed by atoms with Gasteiger partial charge in [0.25, 0.3) is 0 Å². The number of benzene rings is 2. The van der Waals surface area contributed by atoms with E-state index in [0.29, 0.717) is 36.5 Å². The van der Waals surface area contributed by atoms with Crippen LogP contribution >= 0.6 is 0 Å². The molecule has 0 amide bonds. The summed E-state index contributed by atoms with van der Waals surface area (Å²) in [4.78, 5) is 4.75. The van der Waals surface area contributed by atoms with Crippen molar-refractivity contribution in [3.05, 3.63) is 70.8 Å². The first kappa shape index (κ1) is 18.4. The molecule has 2 aromatic carbocycles. The zero-order valence-electron chi connectivity index (χ0n) is 16.2. The smallest absolute Gasteiger partial charge is 0.130 e. The molecule has 0 spiro atoms. The molecular formula is C23H22F3N3. The Morgan fingerprint density at radius 1 is 1.14 bits per heavy atom. The highest BCUT2D eigenvalue weighted by molar-refractivity contribution is 5.81. The van der Waals surface area contributed by atoms with Crippen molar-refractivity contribution in [2.24, 2.45) is 0 Å². The SMILES string of the molecule is CC1CCc2cc(F)cc3nc(CC4CC(c5cc(F)ccc5F)=CCN4)n1c23. The molecule has 29 heavy (non-hydrogen) atoms. The third kappa shape index (κ3) is 3.25. The van der Waals surface area contributed by atoms with E-state index in [2.05, 4.69) is 16.8 Å². The third-order valence-electron chi connectivity index (χ3n) is 6.10. The second-order valence-corrected chi connectivity index (χ2v) is 8.09. The number of nitrogens with one attached hydrogen (secondary N) is 1. The standard InChI is InChI=1S/C23H22F3N3/c1-13-2-3-15-8-17(25)11-21-23(15)29(13)22(28-21)12-18-9-14(6-7-27-18)19-10-16(24)4-5-20(19)26/h4-6,8,10-11,13,18,27H,2-3,7,9,12H2,1H3. The van der Waals surface area contributed by atoms with Crippen LogP contribution < -0.4 is 5.32 Å². The van der Waals surface area contributed by atoms with E-state index in [-0.39, 0.29) is 11.9 Å². The lowest BCUT2D eigenvalue weighted by Crippen LogP contribution is -2.36. The Kier molecular flexibility index (Phi) is 4.46. The van der Waals surface area contributed by atoms with E-state index < -0.39 is 11.6 Å². The molecule has 1 N–H and O–H groups in total. The lowest BCUT2D eigenvalue weighted by molar-refractivity contribution is 0.454. The summed E-state index contributed by atoms with van der Waals surface area (Å²) in [6, 6.07) is 7.03. The summed E-state index contributed by atoms with van der Waals surface area (Å²) < 4.78 is 44.1. The van der Waals surface area contributed by atoms with Gasteiger partial charge in [0, 0.05) is 36.7 Å².